The topological polar surface area (TPSA) is 48.6 Å². The van der Waals surface area contributed by atoms with Gasteiger partial charge >= 0.3 is 5.69 Å². The van der Waals surface area contributed by atoms with Gasteiger partial charge in [0.1, 0.15) is 0 Å². The molecule has 2 aromatic carbocycles. The number of halogens is 4. The molecule has 0 aliphatic heterocycles. The van der Waals surface area contributed by atoms with Gasteiger partial charge in [-0.25, -0.2) is 4.79 Å². The van der Waals surface area contributed by atoms with E-state index in [-0.39, 0.29) is 10.5 Å². The highest BCUT2D eigenvalue weighted by atomic mass is 79.9. The lowest BCUT2D eigenvalue weighted by Crippen LogP contribution is -1.99. The summed E-state index contributed by atoms with van der Waals surface area (Å²) in [5.41, 5.74) is 3.34. The summed E-state index contributed by atoms with van der Waals surface area (Å²) in [5.74, 6) is 0. The van der Waals surface area contributed by atoms with Crippen molar-refractivity contribution >= 4 is 70.4 Å². The maximum absolute atomic E-state index is 11.4. The lowest BCUT2D eigenvalue weighted by molar-refractivity contribution is 1.16. The van der Waals surface area contributed by atoms with Crippen LogP contribution in [0.3, 0.4) is 0 Å². The largest absolute Gasteiger partial charge is 0.323 e. The van der Waals surface area contributed by atoms with E-state index in [4.69, 9.17) is 11.6 Å². The number of hydrogen-bond donors (Lipinski definition) is 2. The van der Waals surface area contributed by atoms with Crippen molar-refractivity contribution < 1.29 is 0 Å². The second-order valence-electron chi connectivity index (χ2n) is 4.56. The third-order valence-corrected chi connectivity index (χ3v) is 5.47. The number of rotatable bonds is 2. The number of fused-ring (bicyclic) bond motifs is 1. The van der Waals surface area contributed by atoms with E-state index < -0.39 is 0 Å². The highest BCUT2D eigenvalue weighted by molar-refractivity contribution is 9.11. The van der Waals surface area contributed by atoms with Crippen LogP contribution >= 0.6 is 59.4 Å². The number of alkyl halides is 1. The summed E-state index contributed by atoms with van der Waals surface area (Å²) in [6.45, 7) is 0. The Bertz CT molecular complexity index is 867. The molecule has 1 heterocycles. The maximum atomic E-state index is 11.4. The van der Waals surface area contributed by atoms with Gasteiger partial charge in [-0.3, -0.25) is 0 Å². The van der Waals surface area contributed by atoms with Crippen LogP contribution in [0.15, 0.2) is 44.1 Å². The monoisotopic (exact) mass is 492 g/mol. The minimum Gasteiger partial charge on any atom is -0.306 e. The van der Waals surface area contributed by atoms with E-state index in [0.29, 0.717) is 5.02 Å². The van der Waals surface area contributed by atoms with E-state index in [1.54, 1.807) is 0 Å². The molecule has 1 unspecified atom stereocenters. The lowest BCUT2D eigenvalue weighted by Gasteiger charge is -2.14. The van der Waals surface area contributed by atoms with Crippen LogP contribution in [-0.2, 0) is 0 Å². The Labute approximate surface area is 150 Å². The van der Waals surface area contributed by atoms with Crippen LogP contribution in [0.4, 0.5) is 0 Å². The zero-order chi connectivity index (χ0) is 15.1. The molecular weight excluding hydrogens is 487 g/mol. The summed E-state index contributed by atoms with van der Waals surface area (Å²) in [5, 5.41) is 0.663. The molecular formula is C14H8Br3ClN2O. The maximum Gasteiger partial charge on any atom is 0.323 e. The lowest BCUT2D eigenvalue weighted by atomic mass is 10.0. The molecule has 0 saturated heterocycles. The zero-order valence-corrected chi connectivity index (χ0v) is 15.9. The molecule has 3 aromatic rings. The highest BCUT2D eigenvalue weighted by Crippen LogP contribution is 2.38. The third kappa shape index (κ3) is 3.13. The average molecular weight is 495 g/mol. The minimum atomic E-state index is -0.217. The van der Waals surface area contributed by atoms with Crippen LogP contribution in [-0.4, -0.2) is 9.97 Å². The number of imidazole rings is 1. The Morgan fingerprint density at radius 2 is 1.67 bits per heavy atom. The average Bonchev–Trinajstić information content (AvgIpc) is 2.75. The highest BCUT2D eigenvalue weighted by Gasteiger charge is 2.16. The quantitative estimate of drug-likeness (QED) is 0.452. The number of aromatic amines is 2. The van der Waals surface area contributed by atoms with Crippen molar-refractivity contribution in [2.75, 3.05) is 0 Å². The van der Waals surface area contributed by atoms with Gasteiger partial charge in [0.05, 0.1) is 15.9 Å². The minimum absolute atomic E-state index is 0.0512. The van der Waals surface area contributed by atoms with Gasteiger partial charge in [0, 0.05) is 14.0 Å². The fourth-order valence-corrected chi connectivity index (χ4v) is 4.58. The fourth-order valence-electron chi connectivity index (χ4n) is 2.17. The second kappa shape index (κ2) is 5.91. The van der Waals surface area contributed by atoms with Gasteiger partial charge in [-0.15, -0.1) is 0 Å². The van der Waals surface area contributed by atoms with Crippen molar-refractivity contribution in [3.05, 3.63) is 65.9 Å². The molecule has 0 aliphatic carbocycles. The third-order valence-electron chi connectivity index (χ3n) is 3.08. The van der Waals surface area contributed by atoms with Crippen molar-refractivity contribution in [1.82, 2.24) is 9.97 Å². The molecule has 21 heavy (non-hydrogen) atoms. The van der Waals surface area contributed by atoms with Gasteiger partial charge in [-0.2, -0.15) is 0 Å². The molecule has 3 nitrogen and oxygen atoms in total. The molecule has 0 bridgehead atoms. The van der Waals surface area contributed by atoms with Crippen LogP contribution in [0.1, 0.15) is 16.0 Å². The number of H-pyrrole nitrogens is 2. The van der Waals surface area contributed by atoms with Crippen LogP contribution in [0.2, 0.25) is 5.02 Å². The standard InChI is InChI=1S/C14H8Br3ClN2O/c15-7-1-6(2-8(18)3-7)13(17)9-4-11-12(5-10(9)16)20-14(21)19-11/h1-5,13H,(H2,19,20,21). The van der Waals surface area contributed by atoms with Crippen LogP contribution in [0.25, 0.3) is 11.0 Å². The SMILES string of the molecule is O=c1[nH]c2cc(Br)c(C(Br)c3cc(Cl)cc(Br)c3)cc2[nH]1. The molecule has 0 amide bonds. The first kappa shape index (κ1) is 15.3. The Morgan fingerprint density at radius 3 is 2.33 bits per heavy atom. The first-order chi connectivity index (χ1) is 9.94. The summed E-state index contributed by atoms with van der Waals surface area (Å²) < 4.78 is 1.82. The van der Waals surface area contributed by atoms with Gasteiger partial charge in [-0.05, 0) is 41.5 Å². The number of hydrogen-bond acceptors (Lipinski definition) is 1. The first-order valence-corrected chi connectivity index (χ1v) is 8.83. The molecule has 108 valence electrons. The van der Waals surface area contributed by atoms with Crippen LogP contribution < -0.4 is 5.69 Å². The Kier molecular flexibility index (Phi) is 4.32. The fraction of sp³-hybridized carbons (Fsp3) is 0.0714. The van der Waals surface area contributed by atoms with Crippen molar-refractivity contribution in [3.8, 4) is 0 Å². The molecule has 3 rings (SSSR count). The summed E-state index contributed by atoms with van der Waals surface area (Å²) >= 11 is 16.8. The van der Waals surface area contributed by atoms with Crippen molar-refractivity contribution in [3.63, 3.8) is 0 Å². The molecule has 0 spiro atoms. The summed E-state index contributed by atoms with van der Waals surface area (Å²) in [6, 6.07) is 9.57. The van der Waals surface area contributed by atoms with E-state index in [9.17, 15) is 4.79 Å². The van der Waals surface area contributed by atoms with Gasteiger partial charge in [0.15, 0.2) is 0 Å². The first-order valence-electron chi connectivity index (χ1n) is 5.95. The molecule has 1 atom stereocenters. The molecule has 0 radical (unpaired) electrons. The van der Waals surface area contributed by atoms with E-state index in [1.165, 1.54) is 0 Å². The zero-order valence-electron chi connectivity index (χ0n) is 10.4. The Hall–Kier alpha value is -0.560. The van der Waals surface area contributed by atoms with Crippen molar-refractivity contribution in [2.24, 2.45) is 0 Å². The van der Waals surface area contributed by atoms with Gasteiger partial charge < -0.3 is 9.97 Å². The van der Waals surface area contributed by atoms with Gasteiger partial charge in [0.2, 0.25) is 0 Å². The predicted molar refractivity (Wildman–Crippen MR) is 96.5 cm³/mol. The smallest absolute Gasteiger partial charge is 0.306 e. The van der Waals surface area contributed by atoms with Crippen molar-refractivity contribution in [1.29, 1.82) is 0 Å². The molecule has 7 heteroatoms. The molecule has 0 fully saturated rings. The van der Waals surface area contributed by atoms with Crippen LogP contribution in [0.5, 0.6) is 0 Å². The summed E-state index contributed by atoms with van der Waals surface area (Å²) in [6.07, 6.45) is 0. The van der Waals surface area contributed by atoms with Gasteiger partial charge in [-0.1, -0.05) is 59.4 Å². The second-order valence-corrected chi connectivity index (χ2v) is 7.69. The number of benzene rings is 2. The molecule has 2 N–H and O–H groups in total. The number of aromatic nitrogens is 2. The van der Waals surface area contributed by atoms with Crippen LogP contribution in [0, 0.1) is 0 Å². The molecule has 0 aliphatic rings. The van der Waals surface area contributed by atoms with E-state index in [2.05, 4.69) is 57.8 Å². The molecule has 0 saturated carbocycles. The van der Waals surface area contributed by atoms with E-state index in [0.717, 1.165) is 31.1 Å². The molecule has 1 aromatic heterocycles. The predicted octanol–water partition coefficient (Wildman–Crippen LogP) is 5.52. The Balaban J connectivity index is 2.13. The summed E-state index contributed by atoms with van der Waals surface area (Å²) in [4.78, 5) is 16.8. The normalized spacial score (nSPS) is 12.8. The van der Waals surface area contributed by atoms with E-state index >= 15 is 0 Å². The van der Waals surface area contributed by atoms with Gasteiger partial charge in [0.25, 0.3) is 0 Å². The Morgan fingerprint density at radius 1 is 1.00 bits per heavy atom. The number of nitrogens with one attached hydrogen (secondary N) is 2. The van der Waals surface area contributed by atoms with Crippen molar-refractivity contribution in [2.45, 2.75) is 4.83 Å². The summed E-state index contributed by atoms with van der Waals surface area (Å²) in [7, 11) is 0. The van der Waals surface area contributed by atoms with E-state index in [1.807, 2.05) is 30.3 Å².